The van der Waals surface area contributed by atoms with Crippen LogP contribution in [0.15, 0.2) is 48.5 Å². The van der Waals surface area contributed by atoms with Crippen molar-refractivity contribution in [3.63, 3.8) is 0 Å². The Kier molecular flexibility index (Phi) is 7.28. The highest BCUT2D eigenvalue weighted by molar-refractivity contribution is 5.85. The maximum absolute atomic E-state index is 13.4. The Morgan fingerprint density at radius 1 is 0.861 bits per heavy atom. The molecule has 3 aromatic rings. The lowest BCUT2D eigenvalue weighted by Gasteiger charge is -2.30. The quantitative estimate of drug-likeness (QED) is 0.338. The molecule has 4 nitrogen and oxygen atoms in total. The van der Waals surface area contributed by atoms with Crippen molar-refractivity contribution in [3.05, 3.63) is 87.5 Å². The van der Waals surface area contributed by atoms with Crippen LogP contribution in [0.4, 0.5) is 5.69 Å². The number of esters is 1. The van der Waals surface area contributed by atoms with Gasteiger partial charge in [-0.3, -0.25) is 0 Å². The van der Waals surface area contributed by atoms with Crippen molar-refractivity contribution in [2.75, 3.05) is 11.5 Å². The number of aryl methyl sites for hydroxylation is 2. The third kappa shape index (κ3) is 5.19. The highest BCUT2D eigenvalue weighted by Gasteiger charge is 2.36. The third-order valence-corrected chi connectivity index (χ3v) is 6.99. The smallest absolute Gasteiger partial charge is 0.339 e. The lowest BCUT2D eigenvalue weighted by molar-refractivity contribution is -0.166. The van der Waals surface area contributed by atoms with Crippen molar-refractivity contribution >= 4 is 11.7 Å². The molecule has 36 heavy (non-hydrogen) atoms. The summed E-state index contributed by atoms with van der Waals surface area (Å²) < 4.78 is 12.0. The lowest BCUT2D eigenvalue weighted by Crippen LogP contribution is -2.30. The lowest BCUT2D eigenvalue weighted by atomic mass is 9.83. The minimum atomic E-state index is -0.807. The normalized spacial score (nSPS) is 14.1. The van der Waals surface area contributed by atoms with Gasteiger partial charge in [0, 0.05) is 24.3 Å². The third-order valence-electron chi connectivity index (χ3n) is 6.99. The molecule has 0 radical (unpaired) electrons. The molecule has 4 rings (SSSR count). The first-order chi connectivity index (χ1) is 17.0. The van der Waals surface area contributed by atoms with Crippen LogP contribution in [0.5, 0.6) is 0 Å². The first-order valence-corrected chi connectivity index (χ1v) is 12.9. The molecule has 0 spiro atoms. The van der Waals surface area contributed by atoms with E-state index < -0.39 is 11.7 Å². The molecule has 0 saturated heterocycles. The van der Waals surface area contributed by atoms with Gasteiger partial charge in [0.05, 0.1) is 12.2 Å². The minimum Gasteiger partial charge on any atom is -0.464 e. The zero-order chi connectivity index (χ0) is 26.2. The summed E-state index contributed by atoms with van der Waals surface area (Å²) in [6, 6.07) is 17.3. The zero-order valence-electron chi connectivity index (χ0n) is 23.0. The number of benzene rings is 3. The fourth-order valence-electron chi connectivity index (χ4n) is 5.18. The average molecular weight is 486 g/mol. The molecule has 0 aliphatic carbocycles. The molecule has 1 unspecified atom stereocenters. The molecule has 0 aromatic heterocycles. The Bertz CT molecular complexity index is 1250. The summed E-state index contributed by atoms with van der Waals surface area (Å²) in [6.07, 6.45) is -0.807. The van der Waals surface area contributed by atoms with Gasteiger partial charge in [-0.25, -0.2) is 4.79 Å². The zero-order valence-corrected chi connectivity index (χ0v) is 23.0. The van der Waals surface area contributed by atoms with Crippen LogP contribution in [0.3, 0.4) is 0 Å². The second-order valence-corrected chi connectivity index (χ2v) is 10.9. The second-order valence-electron chi connectivity index (χ2n) is 10.9. The molecule has 1 aliphatic heterocycles. The molecular formula is C32H39NO3. The van der Waals surface area contributed by atoms with Crippen LogP contribution < -0.4 is 4.90 Å². The number of fused-ring (bicyclic) bond motifs is 1. The van der Waals surface area contributed by atoms with E-state index in [1.165, 1.54) is 33.5 Å². The monoisotopic (exact) mass is 485 g/mol. The van der Waals surface area contributed by atoms with Crippen molar-refractivity contribution in [3.8, 4) is 11.1 Å². The molecule has 0 N–H and O–H groups in total. The van der Waals surface area contributed by atoms with E-state index in [0.29, 0.717) is 6.61 Å². The molecule has 4 heteroatoms. The van der Waals surface area contributed by atoms with Crippen molar-refractivity contribution in [1.82, 2.24) is 0 Å². The van der Waals surface area contributed by atoms with Gasteiger partial charge in [0.25, 0.3) is 0 Å². The van der Waals surface area contributed by atoms with Crippen molar-refractivity contribution < 1.29 is 14.3 Å². The van der Waals surface area contributed by atoms with E-state index in [1.807, 2.05) is 27.7 Å². The first-order valence-electron chi connectivity index (χ1n) is 12.9. The number of carbonyl (C=O) groups is 1. The van der Waals surface area contributed by atoms with E-state index in [1.54, 1.807) is 0 Å². The van der Waals surface area contributed by atoms with Crippen LogP contribution >= 0.6 is 0 Å². The van der Waals surface area contributed by atoms with Crippen molar-refractivity contribution in [2.24, 2.45) is 0 Å². The summed E-state index contributed by atoms with van der Waals surface area (Å²) in [6.45, 7) is 18.3. The van der Waals surface area contributed by atoms with Gasteiger partial charge in [-0.15, -0.1) is 0 Å². The summed E-state index contributed by atoms with van der Waals surface area (Å²) >= 11 is 0. The van der Waals surface area contributed by atoms with Gasteiger partial charge in [-0.1, -0.05) is 47.5 Å². The molecule has 1 aliphatic rings. The number of anilines is 1. The molecule has 3 aromatic carbocycles. The molecular weight excluding hydrogens is 446 g/mol. The van der Waals surface area contributed by atoms with E-state index in [2.05, 4.69) is 81.1 Å². The minimum absolute atomic E-state index is 0.312. The predicted molar refractivity (Wildman–Crippen MR) is 147 cm³/mol. The maximum Gasteiger partial charge on any atom is 0.339 e. The van der Waals surface area contributed by atoms with Gasteiger partial charge < -0.3 is 14.4 Å². The fraction of sp³-hybridized carbons (Fsp3) is 0.406. The topological polar surface area (TPSA) is 38.8 Å². The summed E-state index contributed by atoms with van der Waals surface area (Å²) in [5, 5.41) is 0. The van der Waals surface area contributed by atoms with Gasteiger partial charge in [-0.2, -0.15) is 0 Å². The Morgan fingerprint density at radius 2 is 1.39 bits per heavy atom. The molecule has 0 amide bonds. The largest absolute Gasteiger partial charge is 0.464 e. The SMILES string of the molecule is CCOC(=O)C(OC(C)(C)C)c1c(C)c2c(c(C)c1-c1ccc(C)cc1)CN(c1ccc(C)cc1)C2. The van der Waals surface area contributed by atoms with Crippen LogP contribution in [-0.2, 0) is 27.4 Å². The Hall–Kier alpha value is -3.11. The number of hydrogen-bond donors (Lipinski definition) is 0. The standard InChI is InChI=1S/C32H39NO3/c1-9-35-31(34)30(36-32(6,7)8)29-23(5)27-19-33(25-16-12-21(3)13-17-25)18-26(27)22(4)28(29)24-14-10-20(2)11-15-24/h10-17,30H,9,18-19H2,1-8H3. The van der Waals surface area contributed by atoms with Crippen LogP contribution in [0.25, 0.3) is 11.1 Å². The summed E-state index contributed by atoms with van der Waals surface area (Å²) in [7, 11) is 0. The van der Waals surface area contributed by atoms with Gasteiger partial charge in [-0.05, 0) is 101 Å². The van der Waals surface area contributed by atoms with E-state index in [-0.39, 0.29) is 5.97 Å². The Labute approximate surface area is 216 Å². The van der Waals surface area contributed by atoms with Gasteiger partial charge in [0.1, 0.15) is 0 Å². The molecule has 0 saturated carbocycles. The van der Waals surface area contributed by atoms with Gasteiger partial charge in [0.2, 0.25) is 0 Å². The maximum atomic E-state index is 13.4. The van der Waals surface area contributed by atoms with Crippen LogP contribution in [0, 0.1) is 27.7 Å². The first kappa shape index (κ1) is 26.0. The van der Waals surface area contributed by atoms with Crippen LogP contribution in [0.1, 0.15) is 72.7 Å². The fourth-order valence-corrected chi connectivity index (χ4v) is 5.18. The molecule has 1 atom stereocenters. The van der Waals surface area contributed by atoms with Crippen molar-refractivity contribution in [1.29, 1.82) is 0 Å². The number of rotatable bonds is 6. The number of hydrogen-bond acceptors (Lipinski definition) is 4. The van der Waals surface area contributed by atoms with Crippen LogP contribution in [0.2, 0.25) is 0 Å². The number of carbonyl (C=O) groups excluding carboxylic acids is 1. The van der Waals surface area contributed by atoms with E-state index in [9.17, 15) is 4.79 Å². The van der Waals surface area contributed by atoms with E-state index >= 15 is 0 Å². The predicted octanol–water partition coefficient (Wildman–Crippen LogP) is 7.53. The number of nitrogens with zero attached hydrogens (tertiary/aromatic N) is 1. The molecule has 1 heterocycles. The molecule has 0 fully saturated rings. The van der Waals surface area contributed by atoms with E-state index in [4.69, 9.17) is 9.47 Å². The summed E-state index contributed by atoms with van der Waals surface area (Å²) in [5.41, 5.74) is 11.2. The van der Waals surface area contributed by atoms with Gasteiger partial charge in [0.15, 0.2) is 6.10 Å². The summed E-state index contributed by atoms with van der Waals surface area (Å²) in [5.74, 6) is -0.336. The summed E-state index contributed by atoms with van der Waals surface area (Å²) in [4.78, 5) is 15.8. The van der Waals surface area contributed by atoms with E-state index in [0.717, 1.165) is 35.3 Å². The van der Waals surface area contributed by atoms with Crippen molar-refractivity contribution in [2.45, 2.75) is 80.2 Å². The highest BCUT2D eigenvalue weighted by atomic mass is 16.6. The Balaban J connectivity index is 1.94. The number of ether oxygens (including phenoxy) is 2. The van der Waals surface area contributed by atoms with Gasteiger partial charge >= 0.3 is 5.97 Å². The second kappa shape index (κ2) is 10.1. The van der Waals surface area contributed by atoms with Crippen LogP contribution in [-0.4, -0.2) is 18.2 Å². The Morgan fingerprint density at radius 3 is 1.92 bits per heavy atom. The molecule has 0 bridgehead atoms. The molecule has 190 valence electrons. The highest BCUT2D eigenvalue weighted by Crippen LogP contribution is 2.44. The average Bonchev–Trinajstić information content (AvgIpc) is 3.27.